The van der Waals surface area contributed by atoms with E-state index in [2.05, 4.69) is 15.3 Å². The van der Waals surface area contributed by atoms with Gasteiger partial charge in [0, 0.05) is 16.8 Å². The molecule has 82 valence electrons. The van der Waals surface area contributed by atoms with Crippen LogP contribution in [0.2, 0.25) is 10.2 Å². The van der Waals surface area contributed by atoms with Crippen LogP contribution in [0.4, 0.5) is 11.5 Å². The average molecular weight is 254 g/mol. The highest BCUT2D eigenvalue weighted by Gasteiger charge is 2.00. The lowest BCUT2D eigenvalue weighted by atomic mass is 10.3. The van der Waals surface area contributed by atoms with Crippen LogP contribution >= 0.6 is 23.2 Å². The standard InChI is InChI=1S/C11H9Cl2N3/c1-7-14-10(13)6-11(15-7)16-9-4-2-8(12)3-5-9/h2-6H,1H3,(H,14,15,16). The van der Waals surface area contributed by atoms with Crippen LogP contribution in [0, 0.1) is 6.92 Å². The summed E-state index contributed by atoms with van der Waals surface area (Å²) < 4.78 is 0. The van der Waals surface area contributed by atoms with Crippen molar-refractivity contribution in [2.24, 2.45) is 0 Å². The smallest absolute Gasteiger partial charge is 0.135 e. The van der Waals surface area contributed by atoms with E-state index >= 15 is 0 Å². The minimum Gasteiger partial charge on any atom is -0.340 e. The van der Waals surface area contributed by atoms with Crippen molar-refractivity contribution >= 4 is 34.7 Å². The Hall–Kier alpha value is -1.32. The van der Waals surface area contributed by atoms with Crippen LogP contribution in [-0.2, 0) is 0 Å². The molecule has 0 atom stereocenters. The molecule has 5 heteroatoms. The minimum absolute atomic E-state index is 0.420. The van der Waals surface area contributed by atoms with Crippen molar-refractivity contribution in [1.29, 1.82) is 0 Å². The number of rotatable bonds is 2. The SMILES string of the molecule is Cc1nc(Cl)cc(Nc2ccc(Cl)cc2)n1. The summed E-state index contributed by atoms with van der Waals surface area (Å²) in [5.41, 5.74) is 0.901. The number of hydrogen-bond acceptors (Lipinski definition) is 3. The second-order valence-corrected chi connectivity index (χ2v) is 4.08. The van der Waals surface area contributed by atoms with Crippen LogP contribution < -0.4 is 5.32 Å². The summed E-state index contributed by atoms with van der Waals surface area (Å²) in [4.78, 5) is 8.20. The fourth-order valence-electron chi connectivity index (χ4n) is 1.28. The van der Waals surface area contributed by atoms with Gasteiger partial charge in [-0.05, 0) is 31.2 Å². The van der Waals surface area contributed by atoms with Gasteiger partial charge >= 0.3 is 0 Å². The number of nitrogens with zero attached hydrogens (tertiary/aromatic N) is 2. The predicted octanol–water partition coefficient (Wildman–Crippen LogP) is 3.84. The van der Waals surface area contributed by atoms with Crippen molar-refractivity contribution in [3.8, 4) is 0 Å². The molecule has 1 aromatic carbocycles. The van der Waals surface area contributed by atoms with Gasteiger partial charge in [-0.15, -0.1) is 0 Å². The van der Waals surface area contributed by atoms with Gasteiger partial charge in [0.25, 0.3) is 0 Å². The van der Waals surface area contributed by atoms with E-state index in [4.69, 9.17) is 23.2 Å². The molecule has 0 amide bonds. The maximum absolute atomic E-state index is 5.83. The summed E-state index contributed by atoms with van der Waals surface area (Å²) in [6.07, 6.45) is 0. The Morgan fingerprint density at radius 1 is 1.06 bits per heavy atom. The zero-order chi connectivity index (χ0) is 11.5. The summed E-state index contributed by atoms with van der Waals surface area (Å²) in [5, 5.41) is 4.24. The van der Waals surface area contributed by atoms with E-state index in [1.807, 2.05) is 12.1 Å². The van der Waals surface area contributed by atoms with Gasteiger partial charge in [0.2, 0.25) is 0 Å². The number of hydrogen-bond donors (Lipinski definition) is 1. The molecule has 1 aromatic heterocycles. The van der Waals surface area contributed by atoms with E-state index in [0.717, 1.165) is 5.69 Å². The maximum Gasteiger partial charge on any atom is 0.135 e. The Morgan fingerprint density at radius 2 is 1.75 bits per heavy atom. The van der Waals surface area contributed by atoms with Crippen molar-refractivity contribution in [2.45, 2.75) is 6.92 Å². The normalized spacial score (nSPS) is 10.2. The number of halogens is 2. The Morgan fingerprint density at radius 3 is 2.38 bits per heavy atom. The van der Waals surface area contributed by atoms with Crippen molar-refractivity contribution in [3.05, 3.63) is 46.3 Å². The zero-order valence-corrected chi connectivity index (χ0v) is 10.0. The molecule has 0 aliphatic rings. The van der Waals surface area contributed by atoms with E-state index in [1.54, 1.807) is 25.1 Å². The largest absolute Gasteiger partial charge is 0.340 e. The van der Waals surface area contributed by atoms with Gasteiger partial charge in [-0.1, -0.05) is 23.2 Å². The Kier molecular flexibility index (Phi) is 3.27. The van der Waals surface area contributed by atoms with Crippen molar-refractivity contribution in [1.82, 2.24) is 9.97 Å². The highest BCUT2D eigenvalue weighted by molar-refractivity contribution is 6.30. The van der Waals surface area contributed by atoms with E-state index < -0.39 is 0 Å². The molecule has 3 nitrogen and oxygen atoms in total. The quantitative estimate of drug-likeness (QED) is 0.827. The molecule has 16 heavy (non-hydrogen) atoms. The molecule has 1 N–H and O–H groups in total. The molecular formula is C11H9Cl2N3. The third kappa shape index (κ3) is 2.84. The topological polar surface area (TPSA) is 37.8 Å². The summed E-state index contributed by atoms with van der Waals surface area (Å²) in [6.45, 7) is 1.79. The Bertz CT molecular complexity index is 477. The van der Waals surface area contributed by atoms with Gasteiger partial charge in [0.05, 0.1) is 0 Å². The summed E-state index contributed by atoms with van der Waals surface area (Å²) in [5.74, 6) is 1.30. The molecule has 0 aliphatic heterocycles. The van der Waals surface area contributed by atoms with Crippen LogP contribution in [0.15, 0.2) is 30.3 Å². The van der Waals surface area contributed by atoms with Crippen LogP contribution in [-0.4, -0.2) is 9.97 Å². The fourth-order valence-corrected chi connectivity index (χ4v) is 1.63. The molecule has 0 unspecified atom stereocenters. The number of aromatic nitrogens is 2. The Balaban J connectivity index is 2.23. The highest BCUT2D eigenvalue weighted by atomic mass is 35.5. The molecule has 0 saturated carbocycles. The summed E-state index contributed by atoms with van der Waals surface area (Å²) in [6, 6.07) is 9.02. The zero-order valence-electron chi connectivity index (χ0n) is 8.54. The van der Waals surface area contributed by atoms with Crippen molar-refractivity contribution in [2.75, 3.05) is 5.32 Å². The first-order valence-electron chi connectivity index (χ1n) is 4.67. The van der Waals surface area contributed by atoms with Gasteiger partial charge in [0.15, 0.2) is 0 Å². The predicted molar refractivity (Wildman–Crippen MR) is 66.5 cm³/mol. The molecule has 2 rings (SSSR count). The van der Waals surface area contributed by atoms with E-state index in [0.29, 0.717) is 21.8 Å². The number of nitrogens with one attached hydrogen (secondary N) is 1. The second-order valence-electron chi connectivity index (χ2n) is 3.26. The van der Waals surface area contributed by atoms with Gasteiger partial charge in [-0.3, -0.25) is 0 Å². The van der Waals surface area contributed by atoms with Gasteiger partial charge in [0.1, 0.15) is 16.8 Å². The maximum atomic E-state index is 5.83. The monoisotopic (exact) mass is 253 g/mol. The van der Waals surface area contributed by atoms with Crippen LogP contribution in [0.1, 0.15) is 5.82 Å². The molecule has 0 fully saturated rings. The number of aryl methyl sites for hydroxylation is 1. The molecular weight excluding hydrogens is 245 g/mol. The second kappa shape index (κ2) is 4.68. The van der Waals surface area contributed by atoms with Crippen LogP contribution in [0.25, 0.3) is 0 Å². The summed E-state index contributed by atoms with van der Waals surface area (Å²) >= 11 is 11.6. The van der Waals surface area contributed by atoms with Crippen molar-refractivity contribution in [3.63, 3.8) is 0 Å². The first-order valence-corrected chi connectivity index (χ1v) is 5.43. The van der Waals surface area contributed by atoms with Crippen molar-refractivity contribution < 1.29 is 0 Å². The van der Waals surface area contributed by atoms with E-state index in [9.17, 15) is 0 Å². The number of benzene rings is 1. The minimum atomic E-state index is 0.420. The molecule has 1 heterocycles. The molecule has 0 bridgehead atoms. The molecule has 2 aromatic rings. The average Bonchev–Trinajstić information content (AvgIpc) is 2.20. The van der Waals surface area contributed by atoms with E-state index in [1.165, 1.54) is 0 Å². The van der Waals surface area contributed by atoms with Gasteiger partial charge in [-0.25, -0.2) is 9.97 Å². The van der Waals surface area contributed by atoms with Crippen LogP contribution in [0.3, 0.4) is 0 Å². The molecule has 0 aliphatic carbocycles. The molecule has 0 saturated heterocycles. The highest BCUT2D eigenvalue weighted by Crippen LogP contribution is 2.19. The Labute approximate surface area is 103 Å². The van der Waals surface area contributed by atoms with E-state index in [-0.39, 0.29) is 0 Å². The third-order valence-electron chi connectivity index (χ3n) is 1.92. The first-order chi connectivity index (χ1) is 7.63. The summed E-state index contributed by atoms with van der Waals surface area (Å²) in [7, 11) is 0. The first kappa shape index (κ1) is 11.2. The lowest BCUT2D eigenvalue weighted by Crippen LogP contribution is -1.96. The molecule has 0 radical (unpaired) electrons. The van der Waals surface area contributed by atoms with Gasteiger partial charge in [-0.2, -0.15) is 0 Å². The third-order valence-corrected chi connectivity index (χ3v) is 2.37. The fraction of sp³-hybridized carbons (Fsp3) is 0.0909. The molecule has 0 spiro atoms. The van der Waals surface area contributed by atoms with Crippen LogP contribution in [0.5, 0.6) is 0 Å². The lowest BCUT2D eigenvalue weighted by molar-refractivity contribution is 1.06. The number of anilines is 2. The lowest BCUT2D eigenvalue weighted by Gasteiger charge is -2.06. The van der Waals surface area contributed by atoms with Gasteiger partial charge < -0.3 is 5.32 Å².